The van der Waals surface area contributed by atoms with Gasteiger partial charge in [0.15, 0.2) is 0 Å². The van der Waals surface area contributed by atoms with Crippen LogP contribution >= 0.6 is 0 Å². The van der Waals surface area contributed by atoms with Gasteiger partial charge in [0.1, 0.15) is 0 Å². The second-order valence-corrected chi connectivity index (χ2v) is 5.28. The van der Waals surface area contributed by atoms with Crippen molar-refractivity contribution in [3.05, 3.63) is 18.0 Å². The summed E-state index contributed by atoms with van der Waals surface area (Å²) in [5, 5.41) is 13.1. The summed E-state index contributed by atoms with van der Waals surface area (Å²) in [6.45, 7) is 12.6. The van der Waals surface area contributed by atoms with E-state index in [0.717, 1.165) is 12.0 Å². The number of hydrogen-bond donors (Lipinski definition) is 0. The summed E-state index contributed by atoms with van der Waals surface area (Å²) in [5.41, 5.74) is 1.37. The lowest BCUT2D eigenvalue weighted by atomic mass is 9.87. The van der Waals surface area contributed by atoms with E-state index in [2.05, 4.69) is 31.9 Å². The number of nitrogens with zero attached hydrogens (tertiary/aromatic N) is 3. The molecule has 0 fully saturated rings. The van der Waals surface area contributed by atoms with Gasteiger partial charge in [-0.2, -0.15) is 10.4 Å². The van der Waals surface area contributed by atoms with Gasteiger partial charge in [0, 0.05) is 6.20 Å². The Balaban J connectivity index is 0.00000121. The quantitative estimate of drug-likeness (QED) is 0.791. The summed E-state index contributed by atoms with van der Waals surface area (Å²) in [4.78, 5) is 0. The molecule has 1 atom stereocenters. The van der Waals surface area contributed by atoms with Gasteiger partial charge in [-0.15, -0.1) is 0 Å². The fourth-order valence-corrected chi connectivity index (χ4v) is 1.70. The zero-order valence-electron chi connectivity index (χ0n) is 12.0. The van der Waals surface area contributed by atoms with Gasteiger partial charge < -0.3 is 0 Å². The largest absolute Gasteiger partial charge is 0.268 e. The van der Waals surface area contributed by atoms with Crippen molar-refractivity contribution in [3.63, 3.8) is 0 Å². The number of aryl methyl sites for hydroxylation is 1. The van der Waals surface area contributed by atoms with Gasteiger partial charge in [-0.25, -0.2) is 0 Å². The second-order valence-electron chi connectivity index (χ2n) is 5.28. The van der Waals surface area contributed by atoms with Gasteiger partial charge >= 0.3 is 0 Å². The smallest absolute Gasteiger partial charge is 0.0654 e. The topological polar surface area (TPSA) is 41.6 Å². The zero-order valence-corrected chi connectivity index (χ0v) is 12.0. The summed E-state index contributed by atoms with van der Waals surface area (Å²) < 4.78 is 1.92. The molecule has 1 unspecified atom stereocenters. The maximum absolute atomic E-state index is 8.81. The minimum absolute atomic E-state index is 0.198. The highest BCUT2D eigenvalue weighted by Crippen LogP contribution is 2.29. The molecular weight excluding hydrogens is 210 g/mol. The molecule has 1 aromatic rings. The van der Waals surface area contributed by atoms with Gasteiger partial charge in [0.25, 0.3) is 0 Å². The zero-order chi connectivity index (χ0) is 13.5. The first-order chi connectivity index (χ1) is 7.92. The van der Waals surface area contributed by atoms with Crippen molar-refractivity contribution in [1.82, 2.24) is 9.78 Å². The van der Waals surface area contributed by atoms with Crippen LogP contribution in [0.1, 0.15) is 59.1 Å². The molecule has 0 saturated heterocycles. The van der Waals surface area contributed by atoms with Crippen molar-refractivity contribution in [2.75, 3.05) is 0 Å². The third-order valence-electron chi connectivity index (χ3n) is 2.28. The lowest BCUT2D eigenvalue weighted by Gasteiger charge is -2.24. The summed E-state index contributed by atoms with van der Waals surface area (Å²) in [6, 6.07) is 2.44. The monoisotopic (exact) mass is 235 g/mol. The molecule has 0 radical (unpaired) electrons. The highest BCUT2D eigenvalue weighted by Gasteiger charge is 2.20. The van der Waals surface area contributed by atoms with Crippen molar-refractivity contribution in [3.8, 4) is 6.07 Å². The average molecular weight is 235 g/mol. The van der Waals surface area contributed by atoms with Crippen LogP contribution in [-0.4, -0.2) is 9.78 Å². The Morgan fingerprint density at radius 3 is 2.35 bits per heavy atom. The lowest BCUT2D eigenvalue weighted by Crippen LogP contribution is -2.17. The van der Waals surface area contributed by atoms with Crippen molar-refractivity contribution in [2.45, 2.75) is 60.4 Å². The predicted molar refractivity (Wildman–Crippen MR) is 71.7 cm³/mol. The standard InChI is InChI=1S/C12H19N3.C2H6/c1-10-8-14-15(9-10)11(5-6-13)7-12(2,3)4;1-2/h8-9,11H,5,7H2,1-4H3;1-2H3. The first-order valence-electron chi connectivity index (χ1n) is 6.30. The second kappa shape index (κ2) is 7.11. The Hall–Kier alpha value is -1.30. The highest BCUT2D eigenvalue weighted by molar-refractivity contribution is 5.01. The fourth-order valence-electron chi connectivity index (χ4n) is 1.70. The first-order valence-corrected chi connectivity index (χ1v) is 6.30. The number of rotatable bonds is 3. The molecule has 0 saturated carbocycles. The SMILES string of the molecule is CC.Cc1cnn(C(CC#N)CC(C)(C)C)c1. The summed E-state index contributed by atoms with van der Waals surface area (Å²) in [6.07, 6.45) is 5.35. The Morgan fingerprint density at radius 2 is 2.00 bits per heavy atom. The van der Waals surface area contributed by atoms with Crippen LogP contribution in [0.2, 0.25) is 0 Å². The van der Waals surface area contributed by atoms with Crippen molar-refractivity contribution < 1.29 is 0 Å². The van der Waals surface area contributed by atoms with Crippen LogP contribution in [0.15, 0.2) is 12.4 Å². The minimum atomic E-state index is 0.198. The van der Waals surface area contributed by atoms with E-state index in [-0.39, 0.29) is 11.5 Å². The minimum Gasteiger partial charge on any atom is -0.268 e. The molecule has 0 N–H and O–H groups in total. The Kier molecular flexibility index (Phi) is 6.57. The van der Waals surface area contributed by atoms with Crippen LogP contribution in [0, 0.1) is 23.7 Å². The van der Waals surface area contributed by atoms with Gasteiger partial charge in [-0.3, -0.25) is 4.68 Å². The summed E-state index contributed by atoms with van der Waals surface area (Å²) in [7, 11) is 0. The van der Waals surface area contributed by atoms with Crippen LogP contribution in [0.3, 0.4) is 0 Å². The van der Waals surface area contributed by atoms with E-state index in [1.54, 1.807) is 0 Å². The van der Waals surface area contributed by atoms with E-state index in [4.69, 9.17) is 5.26 Å². The molecule has 3 nitrogen and oxygen atoms in total. The van der Waals surface area contributed by atoms with Crippen molar-refractivity contribution in [1.29, 1.82) is 5.26 Å². The molecule has 0 aliphatic heterocycles. The molecule has 0 amide bonds. The van der Waals surface area contributed by atoms with Gasteiger partial charge in [0.2, 0.25) is 0 Å². The van der Waals surface area contributed by atoms with Crippen LogP contribution in [0.5, 0.6) is 0 Å². The predicted octanol–water partition coefficient (Wildman–Crippen LogP) is 4.11. The Morgan fingerprint density at radius 1 is 1.41 bits per heavy atom. The van der Waals surface area contributed by atoms with Crippen LogP contribution in [-0.2, 0) is 0 Å². The van der Waals surface area contributed by atoms with E-state index >= 15 is 0 Å². The molecule has 1 rings (SSSR count). The third kappa shape index (κ3) is 6.11. The van der Waals surface area contributed by atoms with E-state index in [1.807, 2.05) is 37.8 Å². The maximum Gasteiger partial charge on any atom is 0.0654 e. The van der Waals surface area contributed by atoms with Crippen LogP contribution < -0.4 is 0 Å². The fraction of sp³-hybridized carbons (Fsp3) is 0.714. The average Bonchev–Trinajstić information content (AvgIpc) is 2.65. The first kappa shape index (κ1) is 15.7. The molecule has 0 spiro atoms. The molecular formula is C14H25N3. The summed E-state index contributed by atoms with van der Waals surface area (Å²) in [5.74, 6) is 0. The maximum atomic E-state index is 8.81. The van der Waals surface area contributed by atoms with E-state index < -0.39 is 0 Å². The van der Waals surface area contributed by atoms with Gasteiger partial charge in [-0.05, 0) is 24.3 Å². The number of nitriles is 1. The normalized spacial score (nSPS) is 12.3. The van der Waals surface area contributed by atoms with E-state index in [0.29, 0.717) is 6.42 Å². The van der Waals surface area contributed by atoms with Gasteiger partial charge in [-0.1, -0.05) is 34.6 Å². The summed E-state index contributed by atoms with van der Waals surface area (Å²) >= 11 is 0. The molecule has 1 heterocycles. The Labute approximate surface area is 105 Å². The molecule has 1 aromatic heterocycles. The molecule has 96 valence electrons. The number of hydrogen-bond acceptors (Lipinski definition) is 2. The highest BCUT2D eigenvalue weighted by atomic mass is 15.3. The molecule has 0 bridgehead atoms. The van der Waals surface area contributed by atoms with Crippen LogP contribution in [0.4, 0.5) is 0 Å². The van der Waals surface area contributed by atoms with E-state index in [9.17, 15) is 0 Å². The van der Waals surface area contributed by atoms with Crippen LogP contribution in [0.25, 0.3) is 0 Å². The Bertz CT molecular complexity index is 352. The van der Waals surface area contributed by atoms with Gasteiger partial charge in [0.05, 0.1) is 24.7 Å². The van der Waals surface area contributed by atoms with Crippen molar-refractivity contribution in [2.24, 2.45) is 5.41 Å². The molecule has 17 heavy (non-hydrogen) atoms. The third-order valence-corrected chi connectivity index (χ3v) is 2.28. The molecule has 0 aliphatic carbocycles. The number of aromatic nitrogens is 2. The molecule has 0 aromatic carbocycles. The molecule has 3 heteroatoms. The van der Waals surface area contributed by atoms with E-state index in [1.165, 1.54) is 0 Å². The lowest BCUT2D eigenvalue weighted by molar-refractivity contribution is 0.281. The molecule has 0 aliphatic rings. The van der Waals surface area contributed by atoms with Crippen molar-refractivity contribution >= 4 is 0 Å².